The average molecular weight is 414 g/mol. The van der Waals surface area contributed by atoms with Crippen LogP contribution in [0, 0.1) is 6.92 Å². The molecule has 3 aromatic heterocycles. The van der Waals surface area contributed by atoms with E-state index in [0.29, 0.717) is 22.5 Å². The van der Waals surface area contributed by atoms with Crippen molar-refractivity contribution >= 4 is 33.8 Å². The topological polar surface area (TPSA) is 78.5 Å². The lowest BCUT2D eigenvalue weighted by Gasteiger charge is -2.15. The molecule has 7 nitrogen and oxygen atoms in total. The van der Waals surface area contributed by atoms with Gasteiger partial charge in [-0.3, -0.25) is 9.36 Å². The highest BCUT2D eigenvalue weighted by Crippen LogP contribution is 2.27. The number of thioether (sulfide) groups is 1. The van der Waals surface area contributed by atoms with Gasteiger partial charge in [-0.05, 0) is 30.7 Å². The molecule has 0 saturated carbocycles. The van der Waals surface area contributed by atoms with E-state index in [1.165, 1.54) is 18.1 Å². The van der Waals surface area contributed by atoms with Gasteiger partial charge in [0.1, 0.15) is 22.7 Å². The standard InChI is InChI=1S/C22H18N6OS/c1-14-7-3-6-10-17(14)28-18(26-16-9-5-4-8-15(16)22(28)29)11-30-21-19-20(23-12-24-21)27(2)13-25-19/h3-10,12-13H,11H2,1-2H3. The van der Waals surface area contributed by atoms with Crippen molar-refractivity contribution in [3.63, 3.8) is 0 Å². The molecule has 0 aliphatic carbocycles. The second kappa shape index (κ2) is 7.38. The Labute approximate surface area is 176 Å². The van der Waals surface area contributed by atoms with Crippen LogP contribution in [0.2, 0.25) is 0 Å². The van der Waals surface area contributed by atoms with Crippen LogP contribution >= 0.6 is 11.8 Å². The Hall–Kier alpha value is -3.52. The van der Waals surface area contributed by atoms with Gasteiger partial charge in [-0.2, -0.15) is 0 Å². The number of hydrogen-bond donors (Lipinski definition) is 0. The van der Waals surface area contributed by atoms with Gasteiger partial charge in [0.2, 0.25) is 0 Å². The predicted octanol–water partition coefficient (Wildman–Crippen LogP) is 3.66. The number of para-hydroxylation sites is 2. The summed E-state index contributed by atoms with van der Waals surface area (Å²) >= 11 is 1.50. The summed E-state index contributed by atoms with van der Waals surface area (Å²) < 4.78 is 3.57. The molecule has 148 valence electrons. The lowest BCUT2D eigenvalue weighted by atomic mass is 10.2. The third-order valence-electron chi connectivity index (χ3n) is 5.00. The lowest BCUT2D eigenvalue weighted by Crippen LogP contribution is -2.24. The van der Waals surface area contributed by atoms with Crippen molar-refractivity contribution in [1.82, 2.24) is 29.1 Å². The third kappa shape index (κ3) is 3.05. The fourth-order valence-electron chi connectivity index (χ4n) is 3.50. The Morgan fingerprint density at radius 1 is 1.00 bits per heavy atom. The minimum atomic E-state index is -0.0730. The number of benzene rings is 2. The van der Waals surface area contributed by atoms with Gasteiger partial charge < -0.3 is 4.57 Å². The molecular weight excluding hydrogens is 396 g/mol. The molecule has 3 heterocycles. The van der Waals surface area contributed by atoms with E-state index >= 15 is 0 Å². The van der Waals surface area contributed by atoms with Gasteiger partial charge in [0, 0.05) is 7.05 Å². The van der Waals surface area contributed by atoms with Gasteiger partial charge in [-0.1, -0.05) is 42.1 Å². The monoisotopic (exact) mass is 414 g/mol. The number of aryl methyl sites for hydroxylation is 2. The molecule has 0 fully saturated rings. The average Bonchev–Trinajstić information content (AvgIpc) is 3.15. The molecule has 0 aliphatic rings. The molecule has 30 heavy (non-hydrogen) atoms. The molecule has 0 atom stereocenters. The molecule has 0 unspecified atom stereocenters. The van der Waals surface area contributed by atoms with E-state index in [0.717, 1.165) is 27.4 Å². The first-order valence-electron chi connectivity index (χ1n) is 9.45. The van der Waals surface area contributed by atoms with Gasteiger partial charge in [0.15, 0.2) is 5.65 Å². The lowest BCUT2D eigenvalue weighted by molar-refractivity contribution is 0.876. The molecule has 5 rings (SSSR count). The van der Waals surface area contributed by atoms with Gasteiger partial charge in [0.25, 0.3) is 5.56 Å². The Morgan fingerprint density at radius 3 is 2.67 bits per heavy atom. The molecule has 0 radical (unpaired) electrons. The van der Waals surface area contributed by atoms with Crippen molar-refractivity contribution in [1.29, 1.82) is 0 Å². The number of rotatable bonds is 4. The van der Waals surface area contributed by atoms with Crippen LogP contribution in [0.5, 0.6) is 0 Å². The van der Waals surface area contributed by atoms with Crippen molar-refractivity contribution in [3.8, 4) is 5.69 Å². The Bertz CT molecular complexity index is 1460. The summed E-state index contributed by atoms with van der Waals surface area (Å²) in [4.78, 5) is 31.3. The maximum atomic E-state index is 13.4. The predicted molar refractivity (Wildman–Crippen MR) is 118 cm³/mol. The van der Waals surface area contributed by atoms with Gasteiger partial charge in [-0.15, -0.1) is 0 Å². The smallest absolute Gasteiger partial charge is 0.265 e. The van der Waals surface area contributed by atoms with Crippen LogP contribution in [-0.4, -0.2) is 29.1 Å². The fourth-order valence-corrected chi connectivity index (χ4v) is 4.36. The van der Waals surface area contributed by atoms with Crippen molar-refractivity contribution in [2.75, 3.05) is 0 Å². The first-order chi connectivity index (χ1) is 14.6. The molecule has 5 aromatic rings. The number of nitrogens with zero attached hydrogens (tertiary/aromatic N) is 6. The Balaban J connectivity index is 1.65. The summed E-state index contributed by atoms with van der Waals surface area (Å²) in [5.74, 6) is 1.14. The highest BCUT2D eigenvalue weighted by atomic mass is 32.2. The van der Waals surface area contributed by atoms with E-state index in [4.69, 9.17) is 4.98 Å². The number of hydrogen-bond acceptors (Lipinski definition) is 6. The van der Waals surface area contributed by atoms with Gasteiger partial charge in [-0.25, -0.2) is 19.9 Å². The van der Waals surface area contributed by atoms with Gasteiger partial charge in [0.05, 0.1) is 28.7 Å². The summed E-state index contributed by atoms with van der Waals surface area (Å²) in [6.45, 7) is 2.00. The molecule has 0 saturated heterocycles. The van der Waals surface area contributed by atoms with Crippen LogP contribution in [0.1, 0.15) is 11.4 Å². The van der Waals surface area contributed by atoms with Crippen molar-refractivity contribution in [2.24, 2.45) is 7.05 Å². The molecule has 8 heteroatoms. The maximum Gasteiger partial charge on any atom is 0.265 e. The summed E-state index contributed by atoms with van der Waals surface area (Å²) in [5.41, 5.74) is 3.98. The van der Waals surface area contributed by atoms with Crippen LogP contribution in [0.4, 0.5) is 0 Å². The fraction of sp³-hybridized carbons (Fsp3) is 0.136. The molecule has 0 bridgehead atoms. The molecular formula is C22H18N6OS. The van der Waals surface area contributed by atoms with Crippen molar-refractivity contribution < 1.29 is 0 Å². The highest BCUT2D eigenvalue weighted by Gasteiger charge is 2.16. The van der Waals surface area contributed by atoms with E-state index in [2.05, 4.69) is 15.0 Å². The van der Waals surface area contributed by atoms with Crippen molar-refractivity contribution in [3.05, 3.63) is 82.9 Å². The number of fused-ring (bicyclic) bond motifs is 2. The number of imidazole rings is 1. The summed E-state index contributed by atoms with van der Waals surface area (Å²) in [7, 11) is 1.90. The van der Waals surface area contributed by atoms with Crippen LogP contribution in [0.15, 0.2) is 71.0 Å². The van der Waals surface area contributed by atoms with E-state index in [1.54, 1.807) is 10.9 Å². The van der Waals surface area contributed by atoms with Crippen LogP contribution in [-0.2, 0) is 12.8 Å². The first kappa shape index (κ1) is 18.5. The zero-order chi connectivity index (χ0) is 20.7. The van der Waals surface area contributed by atoms with Crippen LogP contribution < -0.4 is 5.56 Å². The molecule has 2 aromatic carbocycles. The summed E-state index contributed by atoms with van der Waals surface area (Å²) in [6, 6.07) is 15.3. The van der Waals surface area contributed by atoms with Gasteiger partial charge >= 0.3 is 0 Å². The van der Waals surface area contributed by atoms with Crippen molar-refractivity contribution in [2.45, 2.75) is 17.7 Å². The molecule has 0 amide bonds. The second-order valence-corrected chi connectivity index (χ2v) is 7.93. The molecule has 0 aliphatic heterocycles. The van der Waals surface area contributed by atoms with E-state index < -0.39 is 0 Å². The third-order valence-corrected chi connectivity index (χ3v) is 5.98. The highest BCUT2D eigenvalue weighted by molar-refractivity contribution is 7.98. The van der Waals surface area contributed by atoms with E-state index in [9.17, 15) is 4.79 Å². The molecule has 0 spiro atoms. The first-order valence-corrected chi connectivity index (χ1v) is 10.4. The zero-order valence-corrected chi connectivity index (χ0v) is 17.3. The maximum absolute atomic E-state index is 13.4. The van der Waals surface area contributed by atoms with E-state index in [-0.39, 0.29) is 5.56 Å². The second-order valence-electron chi connectivity index (χ2n) is 6.97. The Morgan fingerprint density at radius 2 is 1.80 bits per heavy atom. The quantitative estimate of drug-likeness (QED) is 0.330. The summed E-state index contributed by atoms with van der Waals surface area (Å²) in [6.07, 6.45) is 3.26. The number of aromatic nitrogens is 6. The molecule has 0 N–H and O–H groups in total. The van der Waals surface area contributed by atoms with E-state index in [1.807, 2.05) is 67.1 Å². The SMILES string of the molecule is Cc1ccccc1-n1c(CSc2ncnc3c2ncn3C)nc2ccccc2c1=O. The van der Waals surface area contributed by atoms with Crippen LogP contribution in [0.3, 0.4) is 0 Å². The summed E-state index contributed by atoms with van der Waals surface area (Å²) in [5, 5.41) is 1.36. The zero-order valence-electron chi connectivity index (χ0n) is 16.5. The normalized spacial score (nSPS) is 11.4. The van der Waals surface area contributed by atoms with Crippen LogP contribution in [0.25, 0.3) is 27.8 Å². The minimum Gasteiger partial charge on any atom is -0.318 e. The minimum absolute atomic E-state index is 0.0730. The largest absolute Gasteiger partial charge is 0.318 e. The Kier molecular flexibility index (Phi) is 4.55.